The van der Waals surface area contributed by atoms with Gasteiger partial charge in [-0.3, -0.25) is 14.9 Å². The summed E-state index contributed by atoms with van der Waals surface area (Å²) < 4.78 is 6.20. The van der Waals surface area contributed by atoms with Gasteiger partial charge in [0.05, 0.1) is 14.9 Å². The molecule has 1 aromatic carbocycles. The number of carbonyl (C=O) groups is 1. The summed E-state index contributed by atoms with van der Waals surface area (Å²) in [5, 5.41) is 13.7. The number of carbonyl (C=O) groups excluding carboxylic acids is 1. The van der Waals surface area contributed by atoms with E-state index in [1.165, 1.54) is 28.2 Å². The van der Waals surface area contributed by atoms with E-state index in [9.17, 15) is 14.9 Å². The van der Waals surface area contributed by atoms with E-state index in [2.05, 4.69) is 27.9 Å². The molecule has 2 rings (SSSR count). The van der Waals surface area contributed by atoms with Crippen LogP contribution in [0.5, 0.6) is 5.75 Å². The van der Waals surface area contributed by atoms with Crippen LogP contribution < -0.4 is 10.1 Å². The fourth-order valence-corrected chi connectivity index (χ4v) is 3.62. The summed E-state index contributed by atoms with van der Waals surface area (Å²) in [6.45, 7) is 0.420. The Bertz CT molecular complexity index is 702. The fraction of sp³-hybridized carbons (Fsp3) is 0.214. The van der Waals surface area contributed by atoms with Crippen LogP contribution in [0.1, 0.15) is 15.2 Å². The van der Waals surface area contributed by atoms with Gasteiger partial charge in [-0.25, -0.2) is 0 Å². The largest absolute Gasteiger partial charge is 0.497 e. The zero-order chi connectivity index (χ0) is 16.1. The zero-order valence-corrected chi connectivity index (χ0v) is 14.6. The van der Waals surface area contributed by atoms with E-state index in [4.69, 9.17) is 4.74 Å². The standard InChI is InChI=1S/C14H13IN2O4S/c1-21-9-2-4-12(17(19)20)11(8-9)14(18)16-7-6-10-3-5-13(15)22-10/h2-5,8H,6-7H2,1H3,(H,16,18). The van der Waals surface area contributed by atoms with E-state index in [-0.39, 0.29) is 11.3 Å². The van der Waals surface area contributed by atoms with Crippen LogP contribution >= 0.6 is 33.9 Å². The SMILES string of the molecule is COc1ccc([N+](=O)[O-])c(C(=O)NCCc2ccc(I)s2)c1. The molecule has 1 aromatic heterocycles. The van der Waals surface area contributed by atoms with Crippen LogP contribution in [-0.2, 0) is 6.42 Å². The Kier molecular flexibility index (Phi) is 5.72. The maximum atomic E-state index is 12.2. The predicted molar refractivity (Wildman–Crippen MR) is 92.7 cm³/mol. The summed E-state index contributed by atoms with van der Waals surface area (Å²) in [5.41, 5.74) is -0.228. The van der Waals surface area contributed by atoms with Crippen molar-refractivity contribution in [3.8, 4) is 5.75 Å². The number of halogens is 1. The first kappa shape index (κ1) is 16.7. The van der Waals surface area contributed by atoms with E-state index in [1.807, 2.05) is 12.1 Å². The number of nitro groups is 1. The molecule has 0 saturated heterocycles. The minimum atomic E-state index is -0.573. The second-order valence-corrected chi connectivity index (χ2v) is 7.41. The van der Waals surface area contributed by atoms with E-state index in [0.29, 0.717) is 18.7 Å². The van der Waals surface area contributed by atoms with Gasteiger partial charge in [0, 0.05) is 17.5 Å². The highest BCUT2D eigenvalue weighted by molar-refractivity contribution is 14.1. The molecule has 1 N–H and O–H groups in total. The normalized spacial score (nSPS) is 10.3. The first-order chi connectivity index (χ1) is 10.5. The highest BCUT2D eigenvalue weighted by atomic mass is 127. The van der Waals surface area contributed by atoms with Crippen LogP contribution in [0.2, 0.25) is 0 Å². The third-order valence-electron chi connectivity index (χ3n) is 2.93. The van der Waals surface area contributed by atoms with Gasteiger partial charge in [-0.05, 0) is 53.3 Å². The van der Waals surface area contributed by atoms with Gasteiger partial charge in [0.25, 0.3) is 11.6 Å². The van der Waals surface area contributed by atoms with Gasteiger partial charge in [0.15, 0.2) is 0 Å². The second kappa shape index (κ2) is 7.54. The quantitative estimate of drug-likeness (QED) is 0.432. The number of benzene rings is 1. The molecule has 116 valence electrons. The van der Waals surface area contributed by atoms with Crippen LogP contribution in [0.4, 0.5) is 5.69 Å². The predicted octanol–water partition coefficient (Wildman–Crippen LogP) is 3.24. The first-order valence-electron chi connectivity index (χ1n) is 6.36. The Hall–Kier alpha value is -1.68. The van der Waals surface area contributed by atoms with Crippen LogP contribution in [0.15, 0.2) is 30.3 Å². The molecule has 0 aliphatic rings. The van der Waals surface area contributed by atoms with E-state index in [1.54, 1.807) is 11.3 Å². The van der Waals surface area contributed by atoms with Crippen molar-refractivity contribution in [2.24, 2.45) is 0 Å². The summed E-state index contributed by atoms with van der Waals surface area (Å²) >= 11 is 3.89. The second-order valence-electron chi connectivity index (χ2n) is 4.35. The molecule has 0 spiro atoms. The molecule has 1 heterocycles. The number of amides is 1. The molecular formula is C14H13IN2O4S. The Morgan fingerprint density at radius 2 is 2.18 bits per heavy atom. The molecule has 0 unspecified atom stereocenters. The highest BCUT2D eigenvalue weighted by Crippen LogP contribution is 2.24. The molecule has 0 saturated carbocycles. The van der Waals surface area contributed by atoms with Gasteiger partial charge in [-0.15, -0.1) is 11.3 Å². The summed E-state index contributed by atoms with van der Waals surface area (Å²) in [6.07, 6.45) is 0.692. The summed E-state index contributed by atoms with van der Waals surface area (Å²) in [7, 11) is 1.45. The Morgan fingerprint density at radius 1 is 1.41 bits per heavy atom. The monoisotopic (exact) mass is 432 g/mol. The topological polar surface area (TPSA) is 81.5 Å². The molecule has 22 heavy (non-hydrogen) atoms. The van der Waals surface area contributed by atoms with Gasteiger partial charge >= 0.3 is 0 Å². The minimum Gasteiger partial charge on any atom is -0.497 e. The van der Waals surface area contributed by atoms with Crippen molar-refractivity contribution < 1.29 is 14.5 Å². The minimum absolute atomic E-state index is 0.00473. The smallest absolute Gasteiger partial charge is 0.282 e. The molecule has 0 fully saturated rings. The molecule has 0 bridgehead atoms. The van der Waals surface area contributed by atoms with Crippen LogP contribution in [0.3, 0.4) is 0 Å². The number of hydrogen-bond acceptors (Lipinski definition) is 5. The molecule has 0 atom stereocenters. The molecule has 8 heteroatoms. The molecule has 0 radical (unpaired) electrons. The maximum Gasteiger partial charge on any atom is 0.282 e. The van der Waals surface area contributed by atoms with Crippen molar-refractivity contribution in [1.29, 1.82) is 0 Å². The third-order valence-corrected chi connectivity index (χ3v) is 4.88. The van der Waals surface area contributed by atoms with E-state index >= 15 is 0 Å². The third kappa shape index (κ3) is 4.17. The average molecular weight is 432 g/mol. The van der Waals surface area contributed by atoms with Gasteiger partial charge in [0.2, 0.25) is 0 Å². The Balaban J connectivity index is 2.06. The lowest BCUT2D eigenvalue weighted by Crippen LogP contribution is -2.26. The number of methoxy groups -OCH3 is 1. The lowest BCUT2D eigenvalue weighted by Gasteiger charge is -2.07. The lowest BCUT2D eigenvalue weighted by atomic mass is 10.1. The zero-order valence-electron chi connectivity index (χ0n) is 11.7. The van der Waals surface area contributed by atoms with Gasteiger partial charge < -0.3 is 10.1 Å². The number of thiophene rings is 1. The Labute approximate surface area is 144 Å². The average Bonchev–Trinajstić information content (AvgIpc) is 2.91. The number of nitrogens with one attached hydrogen (secondary N) is 1. The molecule has 2 aromatic rings. The number of nitro benzene ring substituents is 1. The summed E-state index contributed by atoms with van der Waals surface area (Å²) in [6, 6.07) is 8.13. The van der Waals surface area contributed by atoms with Gasteiger partial charge in [-0.2, -0.15) is 0 Å². The number of rotatable bonds is 6. The van der Waals surface area contributed by atoms with Crippen molar-refractivity contribution >= 4 is 45.5 Å². The van der Waals surface area contributed by atoms with Gasteiger partial charge in [0.1, 0.15) is 11.3 Å². The van der Waals surface area contributed by atoms with Crippen LogP contribution in [0.25, 0.3) is 0 Å². The number of hydrogen-bond donors (Lipinski definition) is 1. The molecular weight excluding hydrogens is 419 g/mol. The summed E-state index contributed by atoms with van der Waals surface area (Å²) in [5.74, 6) is -0.0691. The van der Waals surface area contributed by atoms with Crippen molar-refractivity contribution in [3.63, 3.8) is 0 Å². The highest BCUT2D eigenvalue weighted by Gasteiger charge is 2.20. The number of ether oxygens (including phenoxy) is 1. The van der Waals surface area contributed by atoms with Crippen LogP contribution in [0, 0.1) is 13.0 Å². The van der Waals surface area contributed by atoms with E-state index < -0.39 is 10.8 Å². The number of nitrogens with zero attached hydrogens (tertiary/aromatic N) is 1. The molecule has 0 aliphatic carbocycles. The molecule has 1 amide bonds. The van der Waals surface area contributed by atoms with E-state index in [0.717, 1.165) is 4.88 Å². The van der Waals surface area contributed by atoms with Crippen molar-refractivity contribution in [3.05, 3.63) is 53.8 Å². The molecule has 6 nitrogen and oxygen atoms in total. The maximum absolute atomic E-state index is 12.2. The fourth-order valence-electron chi connectivity index (χ4n) is 1.86. The lowest BCUT2D eigenvalue weighted by molar-refractivity contribution is -0.385. The Morgan fingerprint density at radius 3 is 2.77 bits per heavy atom. The molecule has 0 aliphatic heterocycles. The van der Waals surface area contributed by atoms with Crippen molar-refractivity contribution in [1.82, 2.24) is 5.32 Å². The van der Waals surface area contributed by atoms with Gasteiger partial charge in [-0.1, -0.05) is 0 Å². The summed E-state index contributed by atoms with van der Waals surface area (Å²) in [4.78, 5) is 23.8. The van der Waals surface area contributed by atoms with Crippen molar-refractivity contribution in [2.45, 2.75) is 6.42 Å². The first-order valence-corrected chi connectivity index (χ1v) is 8.25. The van der Waals surface area contributed by atoms with Crippen LogP contribution in [-0.4, -0.2) is 24.5 Å². The van der Waals surface area contributed by atoms with Crippen molar-refractivity contribution in [2.75, 3.05) is 13.7 Å².